The summed E-state index contributed by atoms with van der Waals surface area (Å²) in [5, 5.41) is 11.3. The zero-order valence-corrected chi connectivity index (χ0v) is 17.1. The molecule has 0 saturated carbocycles. The number of rotatable bonds is 5. The van der Waals surface area contributed by atoms with Crippen molar-refractivity contribution in [2.24, 2.45) is 0 Å². The second kappa shape index (κ2) is 7.86. The summed E-state index contributed by atoms with van der Waals surface area (Å²) in [5.74, 6) is 1.03. The molecule has 1 aromatic carbocycles. The van der Waals surface area contributed by atoms with Gasteiger partial charge in [-0.3, -0.25) is 4.79 Å². The first-order valence-corrected chi connectivity index (χ1v) is 10.8. The highest BCUT2D eigenvalue weighted by atomic mass is 32.2. The Kier molecular flexibility index (Phi) is 5.31. The van der Waals surface area contributed by atoms with Crippen molar-refractivity contribution in [3.63, 3.8) is 0 Å². The zero-order chi connectivity index (χ0) is 18.8. The smallest absolute Gasteiger partial charge is 0.236 e. The summed E-state index contributed by atoms with van der Waals surface area (Å²) in [5.41, 5.74) is 2.49. The predicted octanol–water partition coefficient (Wildman–Crippen LogP) is 3.76. The Balaban J connectivity index is 1.45. The van der Waals surface area contributed by atoms with E-state index in [1.54, 1.807) is 11.3 Å². The van der Waals surface area contributed by atoms with Gasteiger partial charge >= 0.3 is 0 Å². The van der Waals surface area contributed by atoms with E-state index in [9.17, 15) is 4.79 Å². The molecule has 0 spiro atoms. The van der Waals surface area contributed by atoms with Crippen LogP contribution in [0.4, 0.5) is 0 Å². The van der Waals surface area contributed by atoms with Crippen molar-refractivity contribution in [2.75, 3.05) is 6.54 Å². The first kappa shape index (κ1) is 18.3. The Morgan fingerprint density at radius 2 is 2.07 bits per heavy atom. The fourth-order valence-electron chi connectivity index (χ4n) is 3.30. The molecule has 1 unspecified atom stereocenters. The van der Waals surface area contributed by atoms with Gasteiger partial charge in [0.15, 0.2) is 5.16 Å². The van der Waals surface area contributed by atoms with Crippen molar-refractivity contribution in [1.29, 1.82) is 0 Å². The molecule has 140 valence electrons. The molecule has 3 aromatic rings. The van der Waals surface area contributed by atoms with E-state index in [1.807, 2.05) is 36.9 Å². The lowest BCUT2D eigenvalue weighted by Crippen LogP contribution is -2.39. The maximum Gasteiger partial charge on any atom is 0.236 e. The molecule has 1 amide bonds. The Morgan fingerprint density at radius 3 is 2.89 bits per heavy atom. The minimum Gasteiger partial charge on any atom is -0.337 e. The number of carbonyl (C=O) groups is 1. The van der Waals surface area contributed by atoms with E-state index in [0.717, 1.165) is 30.5 Å². The number of amides is 1. The molecule has 1 aliphatic rings. The van der Waals surface area contributed by atoms with Gasteiger partial charge in [-0.2, -0.15) is 0 Å². The SMILES string of the molecule is Cc1nnc(SC(C)C(=O)N2CCc3sccc3C2)n1Cc1ccccc1. The van der Waals surface area contributed by atoms with Crippen molar-refractivity contribution in [3.8, 4) is 0 Å². The highest BCUT2D eigenvalue weighted by molar-refractivity contribution is 8.00. The molecular weight excluding hydrogens is 376 g/mol. The standard InChI is InChI=1S/C20H22N4OS2/c1-14(19(25)23-10-8-18-17(13-23)9-11-26-18)27-20-22-21-15(2)24(20)12-16-6-4-3-5-7-16/h3-7,9,11,14H,8,10,12-13H2,1-2H3. The molecule has 1 aliphatic heterocycles. The minimum atomic E-state index is -0.191. The number of fused-ring (bicyclic) bond motifs is 1. The number of thioether (sulfide) groups is 1. The number of hydrogen-bond acceptors (Lipinski definition) is 5. The zero-order valence-electron chi connectivity index (χ0n) is 15.5. The minimum absolute atomic E-state index is 0.170. The number of benzene rings is 1. The summed E-state index contributed by atoms with van der Waals surface area (Å²) >= 11 is 3.29. The summed E-state index contributed by atoms with van der Waals surface area (Å²) in [7, 11) is 0. The molecule has 4 rings (SSSR count). The average Bonchev–Trinajstić information content (AvgIpc) is 3.29. The van der Waals surface area contributed by atoms with Gasteiger partial charge in [0.05, 0.1) is 11.8 Å². The highest BCUT2D eigenvalue weighted by Crippen LogP contribution is 2.28. The van der Waals surface area contributed by atoms with Crippen LogP contribution in [-0.4, -0.2) is 37.4 Å². The van der Waals surface area contributed by atoms with Crippen LogP contribution >= 0.6 is 23.1 Å². The van der Waals surface area contributed by atoms with Crippen LogP contribution in [-0.2, 0) is 24.3 Å². The van der Waals surface area contributed by atoms with Crippen LogP contribution in [0.1, 0.15) is 28.8 Å². The lowest BCUT2D eigenvalue weighted by Gasteiger charge is -2.29. The normalized spacial score (nSPS) is 14.8. The van der Waals surface area contributed by atoms with Gasteiger partial charge in [0, 0.05) is 18.0 Å². The Bertz CT molecular complexity index is 935. The first-order chi connectivity index (χ1) is 13.1. The topological polar surface area (TPSA) is 51.0 Å². The predicted molar refractivity (Wildman–Crippen MR) is 109 cm³/mol. The summed E-state index contributed by atoms with van der Waals surface area (Å²) in [6.45, 7) is 6.15. The van der Waals surface area contributed by atoms with E-state index in [4.69, 9.17) is 0 Å². The number of nitrogens with zero attached hydrogens (tertiary/aromatic N) is 4. The first-order valence-electron chi connectivity index (χ1n) is 9.06. The van der Waals surface area contributed by atoms with Gasteiger partial charge in [0.1, 0.15) is 5.82 Å². The lowest BCUT2D eigenvalue weighted by atomic mass is 10.1. The highest BCUT2D eigenvalue weighted by Gasteiger charge is 2.27. The molecule has 2 aromatic heterocycles. The van der Waals surface area contributed by atoms with Gasteiger partial charge in [-0.25, -0.2) is 0 Å². The van der Waals surface area contributed by atoms with Crippen molar-refractivity contribution >= 4 is 29.0 Å². The fraction of sp³-hybridized carbons (Fsp3) is 0.350. The van der Waals surface area contributed by atoms with E-state index < -0.39 is 0 Å². The number of aromatic nitrogens is 3. The second-order valence-corrected chi connectivity index (χ2v) is 9.05. The van der Waals surface area contributed by atoms with E-state index in [1.165, 1.54) is 27.8 Å². The van der Waals surface area contributed by atoms with Gasteiger partial charge in [-0.15, -0.1) is 21.5 Å². The lowest BCUT2D eigenvalue weighted by molar-refractivity contribution is -0.131. The summed E-state index contributed by atoms with van der Waals surface area (Å²) in [6.07, 6.45) is 0.958. The summed E-state index contributed by atoms with van der Waals surface area (Å²) in [6, 6.07) is 12.4. The van der Waals surface area contributed by atoms with Crippen LogP contribution < -0.4 is 0 Å². The van der Waals surface area contributed by atoms with Gasteiger partial charge < -0.3 is 9.47 Å². The second-order valence-electron chi connectivity index (χ2n) is 6.74. The van der Waals surface area contributed by atoms with Crippen molar-refractivity contribution < 1.29 is 4.79 Å². The molecule has 0 aliphatic carbocycles. The van der Waals surface area contributed by atoms with E-state index >= 15 is 0 Å². The van der Waals surface area contributed by atoms with Crippen LogP contribution in [0.25, 0.3) is 0 Å². The molecule has 27 heavy (non-hydrogen) atoms. The molecule has 0 bridgehead atoms. The third-order valence-electron chi connectivity index (χ3n) is 4.83. The molecule has 0 radical (unpaired) electrons. The Hall–Kier alpha value is -2.12. The molecule has 0 saturated heterocycles. The Morgan fingerprint density at radius 1 is 1.26 bits per heavy atom. The number of thiophene rings is 1. The molecule has 0 N–H and O–H groups in total. The maximum atomic E-state index is 13.0. The third-order valence-corrected chi connectivity index (χ3v) is 6.93. The average molecular weight is 399 g/mol. The Labute approximate surface area is 167 Å². The molecular formula is C20H22N4OS2. The van der Waals surface area contributed by atoms with E-state index in [2.05, 4.69) is 38.3 Å². The fourth-order valence-corrected chi connectivity index (χ4v) is 5.17. The van der Waals surface area contributed by atoms with E-state index in [-0.39, 0.29) is 11.2 Å². The van der Waals surface area contributed by atoms with Crippen molar-refractivity contribution in [3.05, 3.63) is 63.6 Å². The largest absolute Gasteiger partial charge is 0.337 e. The number of carbonyl (C=O) groups excluding carboxylic acids is 1. The summed E-state index contributed by atoms with van der Waals surface area (Å²) < 4.78 is 2.08. The molecule has 7 heteroatoms. The third kappa shape index (κ3) is 3.94. The van der Waals surface area contributed by atoms with Crippen LogP contribution in [0.5, 0.6) is 0 Å². The van der Waals surface area contributed by atoms with Crippen molar-refractivity contribution in [2.45, 2.75) is 43.8 Å². The van der Waals surface area contributed by atoms with Gasteiger partial charge in [0.25, 0.3) is 0 Å². The van der Waals surface area contributed by atoms with Crippen molar-refractivity contribution in [1.82, 2.24) is 19.7 Å². The molecule has 0 fully saturated rings. The van der Waals surface area contributed by atoms with Crippen LogP contribution in [0, 0.1) is 6.92 Å². The number of hydrogen-bond donors (Lipinski definition) is 0. The van der Waals surface area contributed by atoms with Gasteiger partial charge in [-0.05, 0) is 42.8 Å². The van der Waals surface area contributed by atoms with Crippen LogP contribution in [0.15, 0.2) is 46.9 Å². The summed E-state index contributed by atoms with van der Waals surface area (Å²) in [4.78, 5) is 16.3. The van der Waals surface area contributed by atoms with E-state index in [0.29, 0.717) is 6.54 Å². The van der Waals surface area contributed by atoms with Crippen LogP contribution in [0.3, 0.4) is 0 Å². The van der Waals surface area contributed by atoms with Crippen LogP contribution in [0.2, 0.25) is 0 Å². The molecule has 3 heterocycles. The van der Waals surface area contributed by atoms with Gasteiger partial charge in [-0.1, -0.05) is 42.1 Å². The maximum absolute atomic E-state index is 13.0. The molecule has 1 atom stereocenters. The molecule has 5 nitrogen and oxygen atoms in total. The van der Waals surface area contributed by atoms with Gasteiger partial charge in [0.2, 0.25) is 5.91 Å². The number of aryl methyl sites for hydroxylation is 1. The quantitative estimate of drug-likeness (QED) is 0.614. The monoisotopic (exact) mass is 398 g/mol.